The molecule has 1 aliphatic heterocycles. The van der Waals surface area contributed by atoms with E-state index in [2.05, 4.69) is 5.32 Å². The Bertz CT molecular complexity index is 944. The zero-order valence-corrected chi connectivity index (χ0v) is 15.9. The number of hydrogen-bond donors (Lipinski definition) is 1. The number of hydrogen-bond acceptors (Lipinski definition) is 4. The topological polar surface area (TPSA) is 75.7 Å². The first-order valence-corrected chi connectivity index (χ1v) is 9.50. The minimum Gasteiger partial charge on any atom is -0.459 e. The maximum Gasteiger partial charge on any atom is 0.326 e. The summed E-state index contributed by atoms with van der Waals surface area (Å²) in [4.78, 5) is 38.8. The van der Waals surface area contributed by atoms with E-state index in [1.807, 2.05) is 24.3 Å². The van der Waals surface area contributed by atoms with Gasteiger partial charge in [-0.1, -0.05) is 48.0 Å². The summed E-state index contributed by atoms with van der Waals surface area (Å²) in [5, 5.41) is 3.42. The van der Waals surface area contributed by atoms with Crippen LogP contribution in [0.25, 0.3) is 0 Å². The first kappa shape index (κ1) is 18.5. The van der Waals surface area contributed by atoms with Gasteiger partial charge in [0.15, 0.2) is 0 Å². The molecule has 7 heteroatoms. The second kappa shape index (κ2) is 7.28. The molecule has 1 aliphatic carbocycles. The first-order chi connectivity index (χ1) is 13.5. The highest BCUT2D eigenvalue weighted by Gasteiger charge is 2.54. The molecule has 1 N–H and O–H groups in total. The van der Waals surface area contributed by atoms with Crippen LogP contribution in [0.1, 0.15) is 29.5 Å². The maximum atomic E-state index is 13.1. The third kappa shape index (κ3) is 3.24. The summed E-state index contributed by atoms with van der Waals surface area (Å²) in [5.74, 6) is -1.03. The Morgan fingerprint density at radius 2 is 1.89 bits per heavy atom. The van der Waals surface area contributed by atoms with E-state index in [-0.39, 0.29) is 6.61 Å². The number of esters is 1. The molecule has 3 amide bonds. The van der Waals surface area contributed by atoms with Crippen LogP contribution in [0, 0.1) is 0 Å². The second-order valence-corrected chi connectivity index (χ2v) is 7.46. The van der Waals surface area contributed by atoms with Gasteiger partial charge >= 0.3 is 12.0 Å². The van der Waals surface area contributed by atoms with E-state index in [0.29, 0.717) is 11.4 Å². The summed E-state index contributed by atoms with van der Waals surface area (Å²) >= 11 is 5.83. The second-order valence-electron chi connectivity index (χ2n) is 7.02. The fourth-order valence-corrected chi connectivity index (χ4v) is 4.00. The fraction of sp³-hybridized carbons (Fsp3) is 0.286. The molecule has 2 aromatic carbocycles. The molecule has 2 aromatic rings. The van der Waals surface area contributed by atoms with Gasteiger partial charge in [0.25, 0.3) is 5.91 Å². The number of amides is 3. The van der Waals surface area contributed by atoms with E-state index in [4.69, 9.17) is 16.3 Å². The van der Waals surface area contributed by atoms with Crippen molar-refractivity contribution >= 4 is 29.5 Å². The molecule has 1 spiro atoms. The summed E-state index contributed by atoms with van der Waals surface area (Å²) in [6.45, 7) is -0.365. The average Bonchev–Trinajstić information content (AvgIpc) is 2.93. The van der Waals surface area contributed by atoms with Crippen molar-refractivity contribution in [3.05, 3.63) is 70.2 Å². The van der Waals surface area contributed by atoms with Crippen molar-refractivity contribution in [2.45, 2.75) is 31.4 Å². The van der Waals surface area contributed by atoms with Crippen LogP contribution in [0.5, 0.6) is 0 Å². The summed E-state index contributed by atoms with van der Waals surface area (Å²) in [5.41, 5.74) is 1.56. The molecule has 1 fully saturated rings. The number of carbonyl (C=O) groups is 3. The fourth-order valence-electron chi connectivity index (χ4n) is 3.87. The molecule has 2 aliphatic rings. The molecule has 1 saturated heterocycles. The smallest absolute Gasteiger partial charge is 0.326 e. The Labute approximate surface area is 167 Å². The van der Waals surface area contributed by atoms with Gasteiger partial charge in [0.1, 0.15) is 18.7 Å². The Kier molecular flexibility index (Phi) is 4.81. The standard InChI is InChI=1S/C21H19ClN2O4/c22-16-9-7-14(8-10-16)13-28-18(25)12-24-19(26)21(23-20(24)27)11-3-5-15-4-1-2-6-17(15)21/h1-2,4,6-10H,3,5,11-13H2,(H,23,27)/t21-/m1/s1. The van der Waals surface area contributed by atoms with Gasteiger partial charge in [-0.3, -0.25) is 14.5 Å². The normalized spacial score (nSPS) is 20.8. The lowest BCUT2D eigenvalue weighted by atomic mass is 9.76. The van der Waals surface area contributed by atoms with Crippen LogP contribution in [0.2, 0.25) is 5.02 Å². The molecule has 1 heterocycles. The number of ether oxygens (including phenoxy) is 1. The van der Waals surface area contributed by atoms with Gasteiger partial charge in [0, 0.05) is 5.02 Å². The van der Waals surface area contributed by atoms with Gasteiger partial charge in [-0.05, 0) is 48.1 Å². The van der Waals surface area contributed by atoms with E-state index in [9.17, 15) is 14.4 Å². The third-order valence-corrected chi connectivity index (χ3v) is 5.50. The summed E-state index contributed by atoms with van der Waals surface area (Å²) < 4.78 is 5.22. The number of imide groups is 1. The number of rotatable bonds is 4. The van der Waals surface area contributed by atoms with Crippen LogP contribution in [-0.2, 0) is 32.9 Å². The number of nitrogens with one attached hydrogen (secondary N) is 1. The SMILES string of the molecule is O=C(CN1C(=O)N[C@@]2(CCCc3ccccc32)C1=O)OCc1ccc(Cl)cc1. The summed E-state index contributed by atoms with van der Waals surface area (Å²) in [7, 11) is 0. The molecule has 28 heavy (non-hydrogen) atoms. The molecule has 144 valence electrons. The van der Waals surface area contributed by atoms with E-state index in [1.165, 1.54) is 0 Å². The molecule has 0 bridgehead atoms. The van der Waals surface area contributed by atoms with Gasteiger partial charge in [-0.2, -0.15) is 0 Å². The van der Waals surface area contributed by atoms with Crippen molar-refractivity contribution in [3.8, 4) is 0 Å². The molecular weight excluding hydrogens is 380 g/mol. The highest BCUT2D eigenvalue weighted by Crippen LogP contribution is 2.39. The lowest BCUT2D eigenvalue weighted by molar-refractivity contribution is -0.149. The number of carbonyl (C=O) groups excluding carboxylic acids is 3. The van der Waals surface area contributed by atoms with Crippen LogP contribution in [0.15, 0.2) is 48.5 Å². The summed E-state index contributed by atoms with van der Waals surface area (Å²) in [6.07, 6.45) is 2.17. The minimum atomic E-state index is -1.08. The number of aryl methyl sites for hydroxylation is 1. The maximum absolute atomic E-state index is 13.1. The Balaban J connectivity index is 1.46. The predicted molar refractivity (Wildman–Crippen MR) is 103 cm³/mol. The minimum absolute atomic E-state index is 0.0492. The van der Waals surface area contributed by atoms with Crippen molar-refractivity contribution in [2.24, 2.45) is 0 Å². The molecule has 0 unspecified atom stereocenters. The van der Waals surface area contributed by atoms with Crippen molar-refractivity contribution in [1.29, 1.82) is 0 Å². The van der Waals surface area contributed by atoms with Crippen LogP contribution < -0.4 is 5.32 Å². The Morgan fingerprint density at radius 1 is 1.14 bits per heavy atom. The van der Waals surface area contributed by atoms with Crippen molar-refractivity contribution in [1.82, 2.24) is 10.2 Å². The number of benzene rings is 2. The lowest BCUT2D eigenvalue weighted by Gasteiger charge is -2.33. The number of halogens is 1. The van der Waals surface area contributed by atoms with Gasteiger partial charge in [0.2, 0.25) is 0 Å². The number of fused-ring (bicyclic) bond motifs is 2. The highest BCUT2D eigenvalue weighted by atomic mass is 35.5. The third-order valence-electron chi connectivity index (χ3n) is 5.25. The van der Waals surface area contributed by atoms with Gasteiger partial charge in [-0.15, -0.1) is 0 Å². The average molecular weight is 399 g/mol. The first-order valence-electron chi connectivity index (χ1n) is 9.12. The zero-order valence-electron chi connectivity index (χ0n) is 15.1. The van der Waals surface area contributed by atoms with E-state index >= 15 is 0 Å². The van der Waals surface area contributed by atoms with E-state index in [0.717, 1.165) is 34.4 Å². The highest BCUT2D eigenvalue weighted by molar-refractivity contribution is 6.30. The summed E-state index contributed by atoms with van der Waals surface area (Å²) in [6, 6.07) is 13.9. The largest absolute Gasteiger partial charge is 0.459 e. The predicted octanol–water partition coefficient (Wildman–Crippen LogP) is 3.17. The Morgan fingerprint density at radius 3 is 2.68 bits per heavy atom. The van der Waals surface area contributed by atoms with Gasteiger partial charge in [-0.25, -0.2) is 4.79 Å². The molecular formula is C21H19ClN2O4. The number of nitrogens with zero attached hydrogens (tertiary/aromatic N) is 1. The van der Waals surface area contributed by atoms with Crippen molar-refractivity contribution < 1.29 is 19.1 Å². The molecule has 4 rings (SSSR count). The number of urea groups is 1. The van der Waals surface area contributed by atoms with Gasteiger partial charge in [0.05, 0.1) is 0 Å². The monoisotopic (exact) mass is 398 g/mol. The zero-order chi connectivity index (χ0) is 19.7. The molecule has 0 radical (unpaired) electrons. The van der Waals surface area contributed by atoms with Crippen LogP contribution >= 0.6 is 11.6 Å². The quantitative estimate of drug-likeness (QED) is 0.634. The van der Waals surface area contributed by atoms with Crippen LogP contribution in [0.4, 0.5) is 4.79 Å². The molecule has 6 nitrogen and oxygen atoms in total. The molecule has 0 aromatic heterocycles. The molecule has 0 saturated carbocycles. The van der Waals surface area contributed by atoms with Crippen LogP contribution in [-0.4, -0.2) is 29.4 Å². The van der Waals surface area contributed by atoms with Gasteiger partial charge < -0.3 is 10.1 Å². The lowest BCUT2D eigenvalue weighted by Crippen LogP contribution is -2.46. The van der Waals surface area contributed by atoms with E-state index < -0.39 is 30.0 Å². The van der Waals surface area contributed by atoms with Crippen LogP contribution in [0.3, 0.4) is 0 Å². The Hall–Kier alpha value is -2.86. The van der Waals surface area contributed by atoms with Crippen molar-refractivity contribution in [2.75, 3.05) is 6.54 Å². The van der Waals surface area contributed by atoms with Crippen molar-refractivity contribution in [3.63, 3.8) is 0 Å². The molecule has 1 atom stereocenters. The van der Waals surface area contributed by atoms with E-state index in [1.54, 1.807) is 24.3 Å².